The Kier molecular flexibility index (Phi) is 2.17. The fraction of sp³-hybridized carbons (Fsp3) is 0.417. The molecule has 0 N–H and O–H groups in total. The van der Waals surface area contributed by atoms with Gasteiger partial charge < -0.3 is 0 Å². The van der Waals surface area contributed by atoms with E-state index in [9.17, 15) is 0 Å². The Hall–Kier alpha value is -1.11. The number of hydrogen-bond donors (Lipinski definition) is 0. The predicted octanol–water partition coefficient (Wildman–Crippen LogP) is 2.89. The summed E-state index contributed by atoms with van der Waals surface area (Å²) in [4.78, 5) is 4.49. The van der Waals surface area contributed by atoms with Crippen LogP contribution in [0.5, 0.6) is 0 Å². The van der Waals surface area contributed by atoms with Gasteiger partial charge in [0.25, 0.3) is 0 Å². The van der Waals surface area contributed by atoms with Crippen molar-refractivity contribution in [2.24, 2.45) is 4.99 Å². The van der Waals surface area contributed by atoms with E-state index in [4.69, 9.17) is 0 Å². The van der Waals surface area contributed by atoms with Crippen molar-refractivity contribution in [3.63, 3.8) is 0 Å². The molecule has 1 heteroatoms. The van der Waals surface area contributed by atoms with E-state index in [0.717, 1.165) is 13.0 Å². The smallest absolute Gasteiger partial charge is 0.0421 e. The number of benzene rings is 1. The fourth-order valence-corrected chi connectivity index (χ4v) is 1.70. The predicted molar refractivity (Wildman–Crippen MR) is 56.6 cm³/mol. The Morgan fingerprint density at radius 1 is 1.15 bits per heavy atom. The molecule has 68 valence electrons. The molecule has 0 aliphatic carbocycles. The first-order valence-corrected chi connectivity index (χ1v) is 4.88. The third-order valence-corrected chi connectivity index (χ3v) is 2.71. The van der Waals surface area contributed by atoms with Crippen LogP contribution in [0.25, 0.3) is 0 Å². The number of nitrogens with zero attached hydrogens (tertiary/aromatic N) is 1. The van der Waals surface area contributed by atoms with Crippen LogP contribution < -0.4 is 0 Å². The molecule has 1 aliphatic rings. The van der Waals surface area contributed by atoms with E-state index < -0.39 is 0 Å². The van der Waals surface area contributed by atoms with Gasteiger partial charge in [-0.05, 0) is 49.4 Å². The summed E-state index contributed by atoms with van der Waals surface area (Å²) in [6.07, 6.45) is 2.38. The first-order chi connectivity index (χ1) is 6.27. The first-order valence-electron chi connectivity index (χ1n) is 4.88. The second-order valence-electron chi connectivity index (χ2n) is 3.73. The summed E-state index contributed by atoms with van der Waals surface area (Å²) in [7, 11) is 0. The molecule has 0 aromatic heterocycles. The zero-order valence-electron chi connectivity index (χ0n) is 8.30. The molecule has 0 fully saturated rings. The molecule has 0 saturated carbocycles. The second-order valence-corrected chi connectivity index (χ2v) is 3.73. The van der Waals surface area contributed by atoms with E-state index in [0.29, 0.717) is 0 Å². The van der Waals surface area contributed by atoms with Crippen molar-refractivity contribution < 1.29 is 0 Å². The minimum Gasteiger partial charge on any atom is -0.289 e. The maximum atomic E-state index is 4.49. The Balaban J connectivity index is 2.36. The molecule has 0 radical (unpaired) electrons. The van der Waals surface area contributed by atoms with Gasteiger partial charge in [0.1, 0.15) is 0 Å². The van der Waals surface area contributed by atoms with E-state index in [1.165, 1.54) is 28.8 Å². The lowest BCUT2D eigenvalue weighted by Crippen LogP contribution is -1.96. The lowest BCUT2D eigenvalue weighted by Gasteiger charge is -2.04. The molecule has 0 atom stereocenters. The molecule has 13 heavy (non-hydrogen) atoms. The van der Waals surface area contributed by atoms with Crippen molar-refractivity contribution >= 4 is 5.71 Å². The SMILES string of the molecule is Cc1ccc(C2=NCCC2)cc1C. The monoisotopic (exact) mass is 173 g/mol. The molecule has 2 rings (SSSR count). The van der Waals surface area contributed by atoms with Crippen molar-refractivity contribution in [3.8, 4) is 0 Å². The van der Waals surface area contributed by atoms with Crippen LogP contribution in [0, 0.1) is 13.8 Å². The topological polar surface area (TPSA) is 12.4 Å². The molecule has 1 nitrogen and oxygen atoms in total. The summed E-state index contributed by atoms with van der Waals surface area (Å²) in [5.41, 5.74) is 5.35. The van der Waals surface area contributed by atoms with Crippen LogP contribution in [-0.4, -0.2) is 12.3 Å². The van der Waals surface area contributed by atoms with E-state index in [-0.39, 0.29) is 0 Å². The van der Waals surface area contributed by atoms with Crippen LogP contribution in [0.4, 0.5) is 0 Å². The first kappa shape index (κ1) is 8.49. The minimum atomic E-state index is 1.02. The highest BCUT2D eigenvalue weighted by Crippen LogP contribution is 2.16. The maximum absolute atomic E-state index is 4.49. The third kappa shape index (κ3) is 1.64. The summed E-state index contributed by atoms with van der Waals surface area (Å²) in [6, 6.07) is 6.62. The number of aryl methyl sites for hydroxylation is 2. The standard InChI is InChI=1S/C12H15N/c1-9-5-6-11(8-10(9)2)12-4-3-7-13-12/h5-6,8H,3-4,7H2,1-2H3. The van der Waals surface area contributed by atoms with Crippen LogP contribution in [0.1, 0.15) is 29.5 Å². The molecule has 1 heterocycles. The van der Waals surface area contributed by atoms with Gasteiger partial charge in [0.2, 0.25) is 0 Å². The Morgan fingerprint density at radius 2 is 2.00 bits per heavy atom. The largest absolute Gasteiger partial charge is 0.289 e. The normalized spacial score (nSPS) is 16.0. The summed E-state index contributed by atoms with van der Waals surface area (Å²) >= 11 is 0. The molecule has 0 saturated heterocycles. The Morgan fingerprint density at radius 3 is 2.62 bits per heavy atom. The van der Waals surface area contributed by atoms with Gasteiger partial charge in [-0.25, -0.2) is 0 Å². The number of aliphatic imine (C=N–C) groups is 1. The van der Waals surface area contributed by atoms with Crippen molar-refractivity contribution in [3.05, 3.63) is 34.9 Å². The van der Waals surface area contributed by atoms with Crippen LogP contribution in [0.15, 0.2) is 23.2 Å². The van der Waals surface area contributed by atoms with Crippen molar-refractivity contribution in [1.82, 2.24) is 0 Å². The van der Waals surface area contributed by atoms with Gasteiger partial charge in [0.15, 0.2) is 0 Å². The van der Waals surface area contributed by atoms with Crippen molar-refractivity contribution in [2.45, 2.75) is 26.7 Å². The lowest BCUT2D eigenvalue weighted by atomic mass is 10.0. The highest BCUT2D eigenvalue weighted by molar-refractivity contribution is 6.01. The van der Waals surface area contributed by atoms with Gasteiger partial charge >= 0.3 is 0 Å². The molecule has 0 spiro atoms. The highest BCUT2D eigenvalue weighted by atomic mass is 14.8. The second kappa shape index (κ2) is 3.33. The minimum absolute atomic E-state index is 1.02. The number of hydrogen-bond acceptors (Lipinski definition) is 1. The Bertz CT molecular complexity index is 350. The lowest BCUT2D eigenvalue weighted by molar-refractivity contribution is 0.951. The molecular formula is C12H15N. The van der Waals surface area contributed by atoms with Gasteiger partial charge in [-0.3, -0.25) is 4.99 Å². The molecule has 1 aromatic carbocycles. The Labute approximate surface area is 79.5 Å². The summed E-state index contributed by atoms with van der Waals surface area (Å²) < 4.78 is 0. The van der Waals surface area contributed by atoms with Crippen molar-refractivity contribution in [1.29, 1.82) is 0 Å². The summed E-state index contributed by atoms with van der Waals surface area (Å²) in [6.45, 7) is 5.33. The quantitative estimate of drug-likeness (QED) is 0.619. The molecular weight excluding hydrogens is 158 g/mol. The van der Waals surface area contributed by atoms with E-state index in [1.807, 2.05) is 0 Å². The highest BCUT2D eigenvalue weighted by Gasteiger charge is 2.08. The molecule has 1 aliphatic heterocycles. The molecule has 0 bridgehead atoms. The molecule has 0 amide bonds. The van der Waals surface area contributed by atoms with Crippen LogP contribution in [0.2, 0.25) is 0 Å². The van der Waals surface area contributed by atoms with E-state index >= 15 is 0 Å². The summed E-state index contributed by atoms with van der Waals surface area (Å²) in [5, 5.41) is 0. The average Bonchev–Trinajstić information content (AvgIpc) is 2.62. The average molecular weight is 173 g/mol. The zero-order chi connectivity index (χ0) is 9.26. The van der Waals surface area contributed by atoms with Gasteiger partial charge in [0.05, 0.1) is 0 Å². The van der Waals surface area contributed by atoms with Gasteiger partial charge in [-0.2, -0.15) is 0 Å². The maximum Gasteiger partial charge on any atom is 0.0421 e. The van der Waals surface area contributed by atoms with Gasteiger partial charge in [-0.1, -0.05) is 12.1 Å². The van der Waals surface area contributed by atoms with Crippen molar-refractivity contribution in [2.75, 3.05) is 6.54 Å². The summed E-state index contributed by atoms with van der Waals surface area (Å²) in [5.74, 6) is 0. The number of rotatable bonds is 1. The fourth-order valence-electron chi connectivity index (χ4n) is 1.70. The van der Waals surface area contributed by atoms with E-state index in [1.54, 1.807) is 0 Å². The zero-order valence-corrected chi connectivity index (χ0v) is 8.30. The van der Waals surface area contributed by atoms with Crippen LogP contribution in [0.3, 0.4) is 0 Å². The van der Waals surface area contributed by atoms with Crippen LogP contribution >= 0.6 is 0 Å². The molecule has 0 unspecified atom stereocenters. The van der Waals surface area contributed by atoms with Crippen LogP contribution in [-0.2, 0) is 0 Å². The van der Waals surface area contributed by atoms with Gasteiger partial charge in [0, 0.05) is 12.3 Å². The third-order valence-electron chi connectivity index (χ3n) is 2.71. The van der Waals surface area contributed by atoms with E-state index in [2.05, 4.69) is 37.0 Å². The molecule has 1 aromatic rings. The van der Waals surface area contributed by atoms with Gasteiger partial charge in [-0.15, -0.1) is 0 Å².